The Bertz CT molecular complexity index is 952. The standard InChI is InChI=1S/C25H30NO3P/c27-30(28,29)18-6-17-26-20-23-13-15-24(16-14-23)25-12-5-11-22(19-25)10-4-9-21-7-2-1-3-8-21/h1-3,5,7-8,11-16,19,26H,4,6,9-10,17-18,20H2,(H2,27,28,29). The topological polar surface area (TPSA) is 69.6 Å². The van der Waals surface area contributed by atoms with E-state index in [0.717, 1.165) is 24.8 Å². The van der Waals surface area contributed by atoms with E-state index < -0.39 is 7.60 Å². The first-order chi connectivity index (χ1) is 14.5. The predicted octanol–water partition coefficient (Wildman–Crippen LogP) is 5.19. The predicted molar refractivity (Wildman–Crippen MR) is 124 cm³/mol. The van der Waals surface area contributed by atoms with E-state index in [9.17, 15) is 4.57 Å². The zero-order valence-corrected chi connectivity index (χ0v) is 18.1. The highest BCUT2D eigenvalue weighted by molar-refractivity contribution is 7.51. The van der Waals surface area contributed by atoms with Crippen molar-refractivity contribution in [3.8, 4) is 11.1 Å². The number of hydrogen-bond acceptors (Lipinski definition) is 2. The molecule has 0 aliphatic carbocycles. The van der Waals surface area contributed by atoms with Crippen molar-refractivity contribution in [3.63, 3.8) is 0 Å². The monoisotopic (exact) mass is 423 g/mol. The van der Waals surface area contributed by atoms with Gasteiger partial charge < -0.3 is 15.1 Å². The maximum Gasteiger partial charge on any atom is 0.325 e. The summed E-state index contributed by atoms with van der Waals surface area (Å²) in [6.07, 6.45) is 3.71. The minimum absolute atomic E-state index is 0.0688. The molecule has 0 saturated heterocycles. The lowest BCUT2D eigenvalue weighted by Gasteiger charge is -2.09. The summed E-state index contributed by atoms with van der Waals surface area (Å²) in [6.45, 7) is 1.29. The lowest BCUT2D eigenvalue weighted by molar-refractivity contribution is 0.371. The van der Waals surface area contributed by atoms with Gasteiger partial charge in [-0.25, -0.2) is 0 Å². The Labute approximate surface area is 179 Å². The molecule has 3 N–H and O–H groups in total. The molecule has 0 amide bonds. The van der Waals surface area contributed by atoms with E-state index in [1.54, 1.807) is 0 Å². The first-order valence-corrected chi connectivity index (χ1v) is 12.3. The molecule has 4 nitrogen and oxygen atoms in total. The molecule has 3 rings (SSSR count). The lowest BCUT2D eigenvalue weighted by atomic mass is 9.98. The van der Waals surface area contributed by atoms with Crippen molar-refractivity contribution in [2.24, 2.45) is 0 Å². The molecule has 30 heavy (non-hydrogen) atoms. The quantitative estimate of drug-likeness (QED) is 0.293. The van der Waals surface area contributed by atoms with Crippen LogP contribution in [0.4, 0.5) is 0 Å². The molecule has 0 aliphatic heterocycles. The van der Waals surface area contributed by atoms with E-state index in [0.29, 0.717) is 19.5 Å². The lowest BCUT2D eigenvalue weighted by Crippen LogP contribution is -2.15. The van der Waals surface area contributed by atoms with Gasteiger partial charge in [-0.1, -0.05) is 78.9 Å². The summed E-state index contributed by atoms with van der Waals surface area (Å²) in [6, 6.07) is 27.8. The summed E-state index contributed by atoms with van der Waals surface area (Å²) in [5.74, 6) is 0. The van der Waals surface area contributed by atoms with Crippen molar-refractivity contribution >= 4 is 7.60 Å². The Morgan fingerprint density at radius 1 is 0.700 bits per heavy atom. The zero-order chi connectivity index (χ0) is 21.2. The highest BCUT2D eigenvalue weighted by Gasteiger charge is 2.11. The van der Waals surface area contributed by atoms with Crippen LogP contribution in [0.15, 0.2) is 78.9 Å². The summed E-state index contributed by atoms with van der Waals surface area (Å²) in [4.78, 5) is 17.8. The van der Waals surface area contributed by atoms with Gasteiger partial charge in [-0.2, -0.15) is 0 Å². The van der Waals surface area contributed by atoms with Crippen molar-refractivity contribution in [1.29, 1.82) is 0 Å². The normalized spacial score (nSPS) is 11.5. The third kappa shape index (κ3) is 7.89. The van der Waals surface area contributed by atoms with Gasteiger partial charge in [0.2, 0.25) is 0 Å². The fourth-order valence-corrected chi connectivity index (χ4v) is 4.08. The first-order valence-electron chi connectivity index (χ1n) is 10.5. The summed E-state index contributed by atoms with van der Waals surface area (Å²) in [7, 11) is -3.89. The second-order valence-corrected chi connectivity index (χ2v) is 9.43. The van der Waals surface area contributed by atoms with Crippen molar-refractivity contribution in [2.75, 3.05) is 12.7 Å². The third-order valence-electron chi connectivity index (χ3n) is 5.12. The summed E-state index contributed by atoms with van der Waals surface area (Å²) in [5, 5.41) is 3.24. The minimum Gasteiger partial charge on any atom is -0.324 e. The van der Waals surface area contributed by atoms with Gasteiger partial charge in [0.15, 0.2) is 0 Å². The fraction of sp³-hybridized carbons (Fsp3) is 0.280. The Kier molecular flexibility index (Phi) is 8.41. The molecule has 3 aromatic carbocycles. The molecular weight excluding hydrogens is 393 g/mol. The van der Waals surface area contributed by atoms with Gasteiger partial charge in [0.25, 0.3) is 0 Å². The summed E-state index contributed by atoms with van der Waals surface area (Å²) < 4.78 is 10.9. The van der Waals surface area contributed by atoms with Crippen LogP contribution in [0.5, 0.6) is 0 Å². The second-order valence-electron chi connectivity index (χ2n) is 7.66. The molecule has 0 heterocycles. The average molecular weight is 423 g/mol. The molecule has 0 aliphatic rings. The highest BCUT2D eigenvalue weighted by atomic mass is 31.2. The zero-order valence-electron chi connectivity index (χ0n) is 17.2. The maximum atomic E-state index is 10.9. The van der Waals surface area contributed by atoms with E-state index in [2.05, 4.69) is 84.2 Å². The second kappa shape index (κ2) is 11.2. The van der Waals surface area contributed by atoms with Gasteiger partial charge in [0, 0.05) is 6.54 Å². The molecule has 0 radical (unpaired) electrons. The van der Waals surface area contributed by atoms with Crippen molar-refractivity contribution in [3.05, 3.63) is 95.6 Å². The van der Waals surface area contributed by atoms with Crippen LogP contribution in [-0.4, -0.2) is 22.5 Å². The largest absolute Gasteiger partial charge is 0.325 e. The van der Waals surface area contributed by atoms with Crippen LogP contribution < -0.4 is 5.32 Å². The molecule has 0 spiro atoms. The van der Waals surface area contributed by atoms with Crippen LogP contribution >= 0.6 is 7.60 Å². The van der Waals surface area contributed by atoms with Crippen LogP contribution in [-0.2, 0) is 24.0 Å². The summed E-state index contributed by atoms with van der Waals surface area (Å²) >= 11 is 0. The molecule has 0 fully saturated rings. The van der Waals surface area contributed by atoms with Gasteiger partial charge in [0.05, 0.1) is 6.16 Å². The van der Waals surface area contributed by atoms with Crippen LogP contribution in [0.1, 0.15) is 29.5 Å². The number of aryl methyl sites for hydroxylation is 2. The van der Waals surface area contributed by atoms with E-state index in [4.69, 9.17) is 9.79 Å². The van der Waals surface area contributed by atoms with E-state index in [-0.39, 0.29) is 6.16 Å². The minimum atomic E-state index is -3.89. The SMILES string of the molecule is O=P(O)(O)CCCNCc1ccc(-c2cccc(CCCc3ccccc3)c2)cc1. The molecule has 0 atom stereocenters. The molecule has 0 saturated carbocycles. The molecule has 3 aromatic rings. The number of benzene rings is 3. The first kappa shape index (κ1) is 22.5. The highest BCUT2D eigenvalue weighted by Crippen LogP contribution is 2.34. The molecular formula is C25H30NO3P. The van der Waals surface area contributed by atoms with Gasteiger partial charge in [-0.3, -0.25) is 4.57 Å². The molecule has 0 bridgehead atoms. The molecule has 5 heteroatoms. The molecule has 0 aromatic heterocycles. The Hall–Kier alpha value is -2.23. The molecule has 158 valence electrons. The van der Waals surface area contributed by atoms with Crippen molar-refractivity contribution < 1.29 is 14.4 Å². The van der Waals surface area contributed by atoms with Crippen LogP contribution in [0.25, 0.3) is 11.1 Å². The smallest absolute Gasteiger partial charge is 0.324 e. The summed E-state index contributed by atoms with van der Waals surface area (Å²) in [5.41, 5.74) is 6.34. The van der Waals surface area contributed by atoms with Crippen molar-refractivity contribution in [1.82, 2.24) is 5.32 Å². The fourth-order valence-electron chi connectivity index (χ4n) is 3.51. The van der Waals surface area contributed by atoms with Crippen LogP contribution in [0, 0.1) is 0 Å². The van der Waals surface area contributed by atoms with E-state index in [1.165, 1.54) is 22.3 Å². The van der Waals surface area contributed by atoms with Gasteiger partial charge in [0.1, 0.15) is 0 Å². The van der Waals surface area contributed by atoms with Gasteiger partial charge in [-0.05, 0) is 60.0 Å². The number of nitrogens with one attached hydrogen (secondary N) is 1. The van der Waals surface area contributed by atoms with Gasteiger partial charge >= 0.3 is 7.60 Å². The molecule has 0 unspecified atom stereocenters. The third-order valence-corrected chi connectivity index (χ3v) is 6.02. The van der Waals surface area contributed by atoms with Gasteiger partial charge in [-0.15, -0.1) is 0 Å². The Balaban J connectivity index is 1.48. The number of rotatable bonds is 11. The van der Waals surface area contributed by atoms with E-state index in [1.807, 2.05) is 0 Å². The van der Waals surface area contributed by atoms with Crippen LogP contribution in [0.2, 0.25) is 0 Å². The number of hydrogen-bond donors (Lipinski definition) is 3. The maximum absolute atomic E-state index is 10.9. The van der Waals surface area contributed by atoms with Crippen molar-refractivity contribution in [2.45, 2.75) is 32.2 Å². The van der Waals surface area contributed by atoms with Crippen LogP contribution in [0.3, 0.4) is 0 Å². The van der Waals surface area contributed by atoms with E-state index >= 15 is 0 Å². The Morgan fingerprint density at radius 2 is 1.40 bits per heavy atom. The average Bonchev–Trinajstić information content (AvgIpc) is 2.74. The Morgan fingerprint density at radius 3 is 2.13 bits per heavy atom.